The third-order valence-electron chi connectivity index (χ3n) is 6.66. The fourth-order valence-corrected chi connectivity index (χ4v) is 4.99. The highest BCUT2D eigenvalue weighted by Gasteiger charge is 2.22. The predicted molar refractivity (Wildman–Crippen MR) is 139 cm³/mol. The van der Waals surface area contributed by atoms with Gasteiger partial charge in [0.2, 0.25) is 0 Å². The van der Waals surface area contributed by atoms with Crippen molar-refractivity contribution >= 4 is 0 Å². The van der Waals surface area contributed by atoms with E-state index in [4.69, 9.17) is 0 Å². The first kappa shape index (κ1) is 26.4. The number of phenolic OH excluding ortho intramolecular Hbond substituents is 1. The molecule has 2 aromatic carbocycles. The Morgan fingerprint density at radius 1 is 0.688 bits per heavy atom. The Bertz CT molecular complexity index is 782. The van der Waals surface area contributed by atoms with Gasteiger partial charge in [-0.3, -0.25) is 9.80 Å². The van der Waals surface area contributed by atoms with E-state index < -0.39 is 0 Å². The van der Waals surface area contributed by atoms with Crippen LogP contribution in [0.5, 0.6) is 5.75 Å². The maximum atomic E-state index is 10.9. The van der Waals surface area contributed by atoms with E-state index in [1.54, 1.807) is 0 Å². The van der Waals surface area contributed by atoms with Crippen LogP contribution < -0.4 is 0 Å². The Morgan fingerprint density at radius 3 is 1.75 bits per heavy atom. The summed E-state index contributed by atoms with van der Waals surface area (Å²) in [5, 5.41) is 10.9. The lowest BCUT2D eigenvalue weighted by Gasteiger charge is -2.32. The quantitative estimate of drug-likeness (QED) is 0.400. The van der Waals surface area contributed by atoms with Crippen LogP contribution in [0.4, 0.5) is 0 Å². The second kappa shape index (κ2) is 12.4. The Balaban J connectivity index is 2.31. The molecule has 0 spiro atoms. The average molecular weight is 439 g/mol. The topological polar surface area (TPSA) is 26.7 Å². The molecule has 2 rings (SSSR count). The number of benzene rings is 2. The van der Waals surface area contributed by atoms with Gasteiger partial charge < -0.3 is 5.11 Å². The van der Waals surface area contributed by atoms with Crippen LogP contribution in [-0.2, 0) is 6.42 Å². The van der Waals surface area contributed by atoms with Crippen LogP contribution in [0.25, 0.3) is 0 Å². The summed E-state index contributed by atoms with van der Waals surface area (Å²) in [5.41, 5.74) is 3.63. The van der Waals surface area contributed by atoms with Gasteiger partial charge in [-0.2, -0.15) is 0 Å². The zero-order valence-corrected chi connectivity index (χ0v) is 21.7. The van der Waals surface area contributed by atoms with Gasteiger partial charge >= 0.3 is 0 Å². The van der Waals surface area contributed by atoms with E-state index in [1.165, 1.54) is 11.1 Å². The molecule has 2 aromatic rings. The highest BCUT2D eigenvalue weighted by Crippen LogP contribution is 2.35. The predicted octanol–water partition coefficient (Wildman–Crippen LogP) is 6.69. The van der Waals surface area contributed by atoms with E-state index in [0.29, 0.717) is 29.9 Å². The van der Waals surface area contributed by atoms with Crippen LogP contribution in [0, 0.1) is 0 Å². The first-order valence-corrected chi connectivity index (χ1v) is 12.5. The van der Waals surface area contributed by atoms with Crippen molar-refractivity contribution in [3.05, 3.63) is 65.2 Å². The van der Waals surface area contributed by atoms with Crippen LogP contribution in [0.2, 0.25) is 0 Å². The summed E-state index contributed by atoms with van der Waals surface area (Å²) < 4.78 is 0. The molecule has 0 radical (unpaired) electrons. The second-order valence-corrected chi connectivity index (χ2v) is 10.2. The van der Waals surface area contributed by atoms with E-state index in [9.17, 15) is 5.11 Å². The van der Waals surface area contributed by atoms with Crippen molar-refractivity contribution in [1.29, 1.82) is 0 Å². The molecular formula is C29H46N2O. The standard InChI is InChI=1S/C29H46N2O/c1-21(2)30(22(3)4)18-16-25-14-15-29(32)28(20-25)27(26-12-10-9-11-13-26)17-19-31(23(5)6)24(7)8/h9-15,20-24,27,32H,16-19H2,1-8H3. The summed E-state index contributed by atoms with van der Waals surface area (Å²) in [6.07, 6.45) is 1.98. The Morgan fingerprint density at radius 2 is 1.22 bits per heavy atom. The third kappa shape index (κ3) is 7.35. The zero-order chi connectivity index (χ0) is 23.8. The Kier molecular flexibility index (Phi) is 10.2. The first-order chi connectivity index (χ1) is 15.1. The maximum Gasteiger partial charge on any atom is 0.119 e. The molecule has 32 heavy (non-hydrogen) atoms. The van der Waals surface area contributed by atoms with Gasteiger partial charge in [0, 0.05) is 42.2 Å². The van der Waals surface area contributed by atoms with Gasteiger partial charge in [0.05, 0.1) is 0 Å². The molecule has 0 aliphatic heterocycles. The molecule has 3 heteroatoms. The highest BCUT2D eigenvalue weighted by atomic mass is 16.3. The zero-order valence-electron chi connectivity index (χ0n) is 21.7. The van der Waals surface area contributed by atoms with Crippen LogP contribution in [0.1, 0.15) is 84.4 Å². The Labute approximate surface area is 197 Å². The van der Waals surface area contributed by atoms with Crippen molar-refractivity contribution in [2.45, 2.75) is 98.3 Å². The van der Waals surface area contributed by atoms with E-state index in [-0.39, 0.29) is 5.92 Å². The van der Waals surface area contributed by atoms with Crippen molar-refractivity contribution in [3.8, 4) is 5.75 Å². The van der Waals surface area contributed by atoms with Gasteiger partial charge in [0.25, 0.3) is 0 Å². The molecule has 0 fully saturated rings. The molecule has 3 nitrogen and oxygen atoms in total. The minimum atomic E-state index is 0.183. The van der Waals surface area contributed by atoms with Crippen LogP contribution in [-0.4, -0.2) is 52.2 Å². The van der Waals surface area contributed by atoms with E-state index >= 15 is 0 Å². The number of phenols is 1. The molecule has 0 saturated heterocycles. The van der Waals surface area contributed by atoms with Crippen LogP contribution in [0.15, 0.2) is 48.5 Å². The van der Waals surface area contributed by atoms with Crippen molar-refractivity contribution in [2.75, 3.05) is 13.1 Å². The van der Waals surface area contributed by atoms with Crippen molar-refractivity contribution in [3.63, 3.8) is 0 Å². The summed E-state index contributed by atoms with van der Waals surface area (Å²) in [6.45, 7) is 20.2. The summed E-state index contributed by atoms with van der Waals surface area (Å²) in [7, 11) is 0. The molecule has 0 amide bonds. The fraction of sp³-hybridized carbons (Fsp3) is 0.586. The highest BCUT2D eigenvalue weighted by molar-refractivity contribution is 5.44. The van der Waals surface area contributed by atoms with E-state index in [1.807, 2.05) is 6.07 Å². The van der Waals surface area contributed by atoms with Gasteiger partial charge in [-0.1, -0.05) is 42.5 Å². The van der Waals surface area contributed by atoms with E-state index in [2.05, 4.69) is 108 Å². The molecular weight excluding hydrogens is 392 g/mol. The lowest BCUT2D eigenvalue weighted by molar-refractivity contribution is 0.170. The first-order valence-electron chi connectivity index (χ1n) is 12.5. The number of hydrogen-bond donors (Lipinski definition) is 1. The second-order valence-electron chi connectivity index (χ2n) is 10.2. The van der Waals surface area contributed by atoms with E-state index in [0.717, 1.165) is 31.5 Å². The molecule has 0 aliphatic rings. The van der Waals surface area contributed by atoms with Gasteiger partial charge in [-0.25, -0.2) is 0 Å². The van der Waals surface area contributed by atoms with Gasteiger partial charge in [0.15, 0.2) is 0 Å². The monoisotopic (exact) mass is 438 g/mol. The van der Waals surface area contributed by atoms with Crippen LogP contribution in [0.3, 0.4) is 0 Å². The summed E-state index contributed by atoms with van der Waals surface area (Å²) >= 11 is 0. The molecule has 1 atom stereocenters. The van der Waals surface area contributed by atoms with Crippen LogP contribution >= 0.6 is 0 Å². The normalized spacial score (nSPS) is 13.3. The van der Waals surface area contributed by atoms with Crippen molar-refractivity contribution < 1.29 is 5.11 Å². The molecule has 0 bridgehead atoms. The SMILES string of the molecule is CC(C)N(CCc1ccc(O)c(C(CCN(C(C)C)C(C)C)c2ccccc2)c1)C(C)C. The molecule has 0 aliphatic carbocycles. The van der Waals surface area contributed by atoms with Gasteiger partial charge in [-0.15, -0.1) is 0 Å². The van der Waals surface area contributed by atoms with Crippen molar-refractivity contribution in [2.24, 2.45) is 0 Å². The lowest BCUT2D eigenvalue weighted by Crippen LogP contribution is -2.38. The Hall–Kier alpha value is -1.84. The number of aromatic hydroxyl groups is 1. The minimum Gasteiger partial charge on any atom is -0.508 e. The van der Waals surface area contributed by atoms with Crippen molar-refractivity contribution in [1.82, 2.24) is 9.80 Å². The minimum absolute atomic E-state index is 0.183. The molecule has 1 unspecified atom stereocenters. The molecule has 0 aromatic heterocycles. The maximum absolute atomic E-state index is 10.9. The third-order valence-corrected chi connectivity index (χ3v) is 6.66. The summed E-state index contributed by atoms with van der Waals surface area (Å²) in [5.74, 6) is 0.593. The summed E-state index contributed by atoms with van der Waals surface area (Å²) in [6, 6.07) is 19.0. The molecule has 0 heterocycles. The number of nitrogens with zero attached hydrogens (tertiary/aromatic N) is 2. The average Bonchev–Trinajstić information content (AvgIpc) is 2.72. The largest absolute Gasteiger partial charge is 0.508 e. The van der Waals surface area contributed by atoms with Gasteiger partial charge in [-0.05, 0) is 92.0 Å². The number of hydrogen-bond acceptors (Lipinski definition) is 3. The van der Waals surface area contributed by atoms with Gasteiger partial charge in [0.1, 0.15) is 5.75 Å². The molecule has 0 saturated carbocycles. The number of rotatable bonds is 12. The molecule has 1 N–H and O–H groups in total. The summed E-state index contributed by atoms with van der Waals surface area (Å²) in [4.78, 5) is 5.07. The fourth-order valence-electron chi connectivity index (χ4n) is 4.99. The smallest absolute Gasteiger partial charge is 0.119 e. The lowest BCUT2D eigenvalue weighted by atomic mass is 9.86. The molecule has 178 valence electrons.